The number of nitrogens with two attached hydrogens (primary N) is 1. The maximum Gasteiger partial charge on any atom is 0.274 e. The molecule has 0 saturated carbocycles. The normalized spacial score (nSPS) is 17.8. The van der Waals surface area contributed by atoms with Crippen molar-refractivity contribution in [2.45, 2.75) is 33.2 Å². The number of hydrogen-bond donors (Lipinski definition) is 2. The Balaban J connectivity index is 3.98. The Morgan fingerprint density at radius 1 is 1.45 bits per heavy atom. The molecule has 3 N–H and O–H groups in total. The van der Waals surface area contributed by atoms with E-state index < -0.39 is 10.2 Å². The molecule has 0 aliphatic carbocycles. The SMILES string of the molecule is CCC(C)C(C)NS(N)(=O)=O. The Bertz CT molecular complexity index is 201. The zero-order chi connectivity index (χ0) is 9.07. The molecule has 0 aromatic heterocycles. The van der Waals surface area contributed by atoms with Gasteiger partial charge in [0.15, 0.2) is 0 Å². The van der Waals surface area contributed by atoms with Crippen LogP contribution < -0.4 is 9.86 Å². The highest BCUT2D eigenvalue weighted by atomic mass is 32.2. The standard InChI is InChI=1S/C6H16N2O2S/c1-4-5(2)6(3)8-11(7,9)10/h5-6,8H,4H2,1-3H3,(H2,7,9,10). The minimum absolute atomic E-state index is 0.0880. The van der Waals surface area contributed by atoms with Gasteiger partial charge in [-0.2, -0.15) is 13.1 Å². The van der Waals surface area contributed by atoms with E-state index in [0.29, 0.717) is 5.92 Å². The molecule has 0 spiro atoms. The largest absolute Gasteiger partial charge is 0.274 e. The molecule has 0 aliphatic rings. The topological polar surface area (TPSA) is 72.2 Å². The van der Waals surface area contributed by atoms with E-state index in [1.165, 1.54) is 0 Å². The number of rotatable bonds is 4. The fourth-order valence-corrected chi connectivity index (χ4v) is 1.48. The van der Waals surface area contributed by atoms with Crippen molar-refractivity contribution in [1.82, 2.24) is 4.72 Å². The summed E-state index contributed by atoms with van der Waals surface area (Å²) in [6.45, 7) is 5.79. The van der Waals surface area contributed by atoms with E-state index in [1.807, 2.05) is 13.8 Å². The van der Waals surface area contributed by atoms with Crippen LogP contribution in [-0.4, -0.2) is 14.5 Å². The molecule has 0 rings (SSSR count). The molecule has 0 radical (unpaired) electrons. The highest BCUT2D eigenvalue weighted by Crippen LogP contribution is 2.06. The molecule has 2 unspecified atom stereocenters. The molecule has 0 amide bonds. The third kappa shape index (κ3) is 5.17. The van der Waals surface area contributed by atoms with E-state index in [9.17, 15) is 8.42 Å². The maximum absolute atomic E-state index is 10.5. The van der Waals surface area contributed by atoms with Crippen LogP contribution in [0.4, 0.5) is 0 Å². The Hall–Kier alpha value is -0.130. The van der Waals surface area contributed by atoms with Crippen LogP contribution in [0, 0.1) is 5.92 Å². The second-order valence-electron chi connectivity index (χ2n) is 2.84. The molecule has 68 valence electrons. The Labute approximate surface area is 68.3 Å². The van der Waals surface area contributed by atoms with Gasteiger partial charge < -0.3 is 0 Å². The van der Waals surface area contributed by atoms with E-state index in [0.717, 1.165) is 6.42 Å². The van der Waals surface area contributed by atoms with Gasteiger partial charge in [0.25, 0.3) is 10.2 Å². The molecule has 5 heteroatoms. The summed E-state index contributed by atoms with van der Waals surface area (Å²) in [5.74, 6) is 0.313. The first-order valence-electron chi connectivity index (χ1n) is 3.67. The lowest BCUT2D eigenvalue weighted by Crippen LogP contribution is -2.40. The third-order valence-corrected chi connectivity index (χ3v) is 2.55. The van der Waals surface area contributed by atoms with Gasteiger partial charge in [0.05, 0.1) is 0 Å². The predicted molar refractivity (Wildman–Crippen MR) is 45.2 cm³/mol. The number of nitrogens with one attached hydrogen (secondary N) is 1. The zero-order valence-corrected chi connectivity index (χ0v) is 7.98. The maximum atomic E-state index is 10.5. The summed E-state index contributed by atoms with van der Waals surface area (Å²) < 4.78 is 23.4. The van der Waals surface area contributed by atoms with Crippen LogP contribution in [0.3, 0.4) is 0 Å². The zero-order valence-electron chi connectivity index (χ0n) is 7.16. The summed E-state index contributed by atoms with van der Waals surface area (Å²) in [5.41, 5.74) is 0. The van der Waals surface area contributed by atoms with Crippen LogP contribution in [0.5, 0.6) is 0 Å². The summed E-state index contributed by atoms with van der Waals surface area (Å²) in [7, 11) is -3.53. The summed E-state index contributed by atoms with van der Waals surface area (Å²) in [5, 5.41) is 4.79. The highest BCUT2D eigenvalue weighted by molar-refractivity contribution is 7.87. The van der Waals surface area contributed by atoms with Crippen molar-refractivity contribution in [2.75, 3.05) is 0 Å². The van der Waals surface area contributed by atoms with Crippen molar-refractivity contribution < 1.29 is 8.42 Å². The van der Waals surface area contributed by atoms with Crippen LogP contribution in [0.25, 0.3) is 0 Å². The minimum atomic E-state index is -3.53. The molecule has 2 atom stereocenters. The monoisotopic (exact) mass is 180 g/mol. The molecule has 0 heterocycles. The third-order valence-electron chi connectivity index (χ3n) is 1.85. The van der Waals surface area contributed by atoms with Gasteiger partial charge in [-0.3, -0.25) is 0 Å². The fraction of sp³-hybridized carbons (Fsp3) is 1.00. The lowest BCUT2D eigenvalue weighted by atomic mass is 10.0. The van der Waals surface area contributed by atoms with Crippen LogP contribution >= 0.6 is 0 Å². The van der Waals surface area contributed by atoms with Gasteiger partial charge in [0.2, 0.25) is 0 Å². The van der Waals surface area contributed by atoms with Crippen molar-refractivity contribution in [2.24, 2.45) is 11.1 Å². The van der Waals surface area contributed by atoms with Gasteiger partial charge >= 0.3 is 0 Å². The molecular weight excluding hydrogens is 164 g/mol. The average Bonchev–Trinajstić information content (AvgIpc) is 1.82. The smallest absolute Gasteiger partial charge is 0.216 e. The summed E-state index contributed by atoms with van der Waals surface area (Å²) >= 11 is 0. The lowest BCUT2D eigenvalue weighted by molar-refractivity contribution is 0.434. The molecule has 11 heavy (non-hydrogen) atoms. The Morgan fingerprint density at radius 2 is 1.91 bits per heavy atom. The first kappa shape index (κ1) is 10.9. The van der Waals surface area contributed by atoms with E-state index in [4.69, 9.17) is 5.14 Å². The van der Waals surface area contributed by atoms with E-state index in [-0.39, 0.29) is 6.04 Å². The van der Waals surface area contributed by atoms with Crippen LogP contribution in [0.1, 0.15) is 27.2 Å². The van der Waals surface area contributed by atoms with Crippen molar-refractivity contribution in [3.8, 4) is 0 Å². The summed E-state index contributed by atoms with van der Waals surface area (Å²) in [4.78, 5) is 0. The van der Waals surface area contributed by atoms with Crippen LogP contribution in [-0.2, 0) is 10.2 Å². The average molecular weight is 180 g/mol. The van der Waals surface area contributed by atoms with Gasteiger partial charge in [-0.1, -0.05) is 20.3 Å². The molecule has 0 aliphatic heterocycles. The second kappa shape index (κ2) is 4.04. The van der Waals surface area contributed by atoms with Crippen molar-refractivity contribution in [1.29, 1.82) is 0 Å². The molecule has 0 fully saturated rings. The Kier molecular flexibility index (Phi) is 3.99. The van der Waals surface area contributed by atoms with Gasteiger partial charge in [-0.05, 0) is 12.8 Å². The molecule has 0 saturated heterocycles. The molecule has 4 nitrogen and oxygen atoms in total. The van der Waals surface area contributed by atoms with E-state index in [1.54, 1.807) is 6.92 Å². The molecule has 0 aromatic rings. The van der Waals surface area contributed by atoms with E-state index >= 15 is 0 Å². The predicted octanol–water partition coefficient (Wildman–Crippen LogP) is 0.214. The minimum Gasteiger partial charge on any atom is -0.216 e. The van der Waals surface area contributed by atoms with Gasteiger partial charge in [0, 0.05) is 6.04 Å². The lowest BCUT2D eigenvalue weighted by Gasteiger charge is -2.17. The van der Waals surface area contributed by atoms with E-state index in [2.05, 4.69) is 4.72 Å². The quantitative estimate of drug-likeness (QED) is 0.649. The molecule has 0 bridgehead atoms. The first-order chi connectivity index (χ1) is 4.87. The highest BCUT2D eigenvalue weighted by Gasteiger charge is 2.13. The molecule has 0 aromatic carbocycles. The van der Waals surface area contributed by atoms with Gasteiger partial charge in [-0.15, -0.1) is 0 Å². The summed E-state index contributed by atoms with van der Waals surface area (Å²) in [6.07, 6.45) is 0.934. The van der Waals surface area contributed by atoms with Crippen LogP contribution in [0.2, 0.25) is 0 Å². The van der Waals surface area contributed by atoms with Crippen molar-refractivity contribution in [3.63, 3.8) is 0 Å². The first-order valence-corrected chi connectivity index (χ1v) is 5.21. The second-order valence-corrected chi connectivity index (χ2v) is 4.16. The fourth-order valence-electron chi connectivity index (χ4n) is 0.729. The number of hydrogen-bond acceptors (Lipinski definition) is 2. The van der Waals surface area contributed by atoms with Gasteiger partial charge in [-0.25, -0.2) is 5.14 Å². The van der Waals surface area contributed by atoms with Crippen molar-refractivity contribution >= 4 is 10.2 Å². The Morgan fingerprint density at radius 3 is 2.18 bits per heavy atom. The van der Waals surface area contributed by atoms with Crippen molar-refractivity contribution in [3.05, 3.63) is 0 Å². The van der Waals surface area contributed by atoms with Gasteiger partial charge in [0.1, 0.15) is 0 Å². The molecular formula is C6H16N2O2S. The van der Waals surface area contributed by atoms with Crippen LogP contribution in [0.15, 0.2) is 0 Å². The summed E-state index contributed by atoms with van der Waals surface area (Å²) in [6, 6.07) is -0.0880.